The summed E-state index contributed by atoms with van der Waals surface area (Å²) in [7, 11) is 0. The maximum absolute atomic E-state index is 4.70. The maximum atomic E-state index is 4.70. The highest BCUT2D eigenvalue weighted by atomic mass is 15.2. The first-order valence-corrected chi connectivity index (χ1v) is 7.19. The summed E-state index contributed by atoms with van der Waals surface area (Å²) in [5, 5.41) is 10.9. The molecule has 4 rings (SSSR count). The number of aromatic amines is 1. The lowest BCUT2D eigenvalue weighted by atomic mass is 10.1. The summed E-state index contributed by atoms with van der Waals surface area (Å²) in [5.74, 6) is 2.51. The first-order valence-electron chi connectivity index (χ1n) is 7.19. The number of benzene rings is 1. The monoisotopic (exact) mass is 254 g/mol. The number of fused-ring (bicyclic) bond motifs is 1. The van der Waals surface area contributed by atoms with Gasteiger partial charge in [-0.1, -0.05) is 12.8 Å². The number of aromatic nitrogens is 3. The van der Waals surface area contributed by atoms with Gasteiger partial charge in [0.15, 0.2) is 5.82 Å². The van der Waals surface area contributed by atoms with Crippen molar-refractivity contribution in [3.63, 3.8) is 0 Å². The van der Waals surface area contributed by atoms with Crippen molar-refractivity contribution in [2.75, 3.05) is 11.9 Å². The minimum absolute atomic E-state index is 0.595. The van der Waals surface area contributed by atoms with Gasteiger partial charge in [-0.15, -0.1) is 0 Å². The molecule has 2 heterocycles. The van der Waals surface area contributed by atoms with Gasteiger partial charge in [0.1, 0.15) is 5.82 Å². The SMILES string of the molecule is c1cc2c(cc1-c1n[nH]c(C3CCCC3)n1)CCN2. The van der Waals surface area contributed by atoms with Gasteiger partial charge in [0.2, 0.25) is 0 Å². The van der Waals surface area contributed by atoms with Gasteiger partial charge >= 0.3 is 0 Å². The lowest BCUT2D eigenvalue weighted by molar-refractivity contribution is 0.672. The zero-order valence-corrected chi connectivity index (χ0v) is 10.9. The van der Waals surface area contributed by atoms with Crippen LogP contribution >= 0.6 is 0 Å². The van der Waals surface area contributed by atoms with Crippen molar-refractivity contribution >= 4 is 5.69 Å². The van der Waals surface area contributed by atoms with E-state index >= 15 is 0 Å². The molecule has 0 bridgehead atoms. The number of rotatable bonds is 2. The highest BCUT2D eigenvalue weighted by Gasteiger charge is 2.21. The normalized spacial score (nSPS) is 18.5. The first kappa shape index (κ1) is 11.0. The van der Waals surface area contributed by atoms with E-state index in [0.29, 0.717) is 5.92 Å². The molecule has 0 amide bonds. The van der Waals surface area contributed by atoms with Gasteiger partial charge in [0.25, 0.3) is 0 Å². The number of hydrogen-bond acceptors (Lipinski definition) is 3. The standard InChI is InChI=1S/C15H18N4/c1-2-4-10(3-1)14-17-15(19-18-14)12-5-6-13-11(9-12)7-8-16-13/h5-6,9-10,16H,1-4,7-8H2,(H,17,18,19). The van der Waals surface area contributed by atoms with Crippen LogP contribution in [0.1, 0.15) is 43.0 Å². The molecule has 0 radical (unpaired) electrons. The molecule has 98 valence electrons. The van der Waals surface area contributed by atoms with Gasteiger partial charge in [-0.3, -0.25) is 5.10 Å². The summed E-state index contributed by atoms with van der Waals surface area (Å²) < 4.78 is 0. The summed E-state index contributed by atoms with van der Waals surface area (Å²) in [6, 6.07) is 6.47. The topological polar surface area (TPSA) is 53.6 Å². The average molecular weight is 254 g/mol. The average Bonchev–Trinajstić information content (AvgIpc) is 3.18. The Morgan fingerprint density at radius 2 is 2.05 bits per heavy atom. The van der Waals surface area contributed by atoms with Gasteiger partial charge in [-0.2, -0.15) is 5.10 Å². The zero-order valence-electron chi connectivity index (χ0n) is 10.9. The summed E-state index contributed by atoms with van der Waals surface area (Å²) in [6.45, 7) is 1.04. The van der Waals surface area contributed by atoms with E-state index in [1.807, 2.05) is 0 Å². The Morgan fingerprint density at radius 1 is 1.16 bits per heavy atom. The number of nitrogens with zero attached hydrogens (tertiary/aromatic N) is 2. The third kappa shape index (κ3) is 1.91. The third-order valence-electron chi connectivity index (χ3n) is 4.32. The molecule has 0 saturated heterocycles. The van der Waals surface area contributed by atoms with E-state index in [2.05, 4.69) is 33.7 Å². The van der Waals surface area contributed by atoms with Gasteiger partial charge in [0.05, 0.1) is 0 Å². The first-order chi connectivity index (χ1) is 9.40. The summed E-state index contributed by atoms with van der Waals surface area (Å²) in [6.07, 6.45) is 6.25. The van der Waals surface area contributed by atoms with Crippen molar-refractivity contribution < 1.29 is 0 Å². The van der Waals surface area contributed by atoms with Crippen molar-refractivity contribution in [1.82, 2.24) is 15.2 Å². The highest BCUT2D eigenvalue weighted by molar-refractivity contribution is 5.65. The lowest BCUT2D eigenvalue weighted by Gasteiger charge is -2.03. The number of nitrogens with one attached hydrogen (secondary N) is 2. The van der Waals surface area contributed by atoms with Gasteiger partial charge < -0.3 is 5.32 Å². The van der Waals surface area contributed by atoms with Crippen LogP contribution in [0.3, 0.4) is 0 Å². The van der Waals surface area contributed by atoms with Crippen LogP contribution in [0.2, 0.25) is 0 Å². The number of anilines is 1. The molecule has 0 spiro atoms. The zero-order chi connectivity index (χ0) is 12.7. The van der Waals surface area contributed by atoms with E-state index in [1.54, 1.807) is 0 Å². The predicted molar refractivity (Wildman–Crippen MR) is 75.2 cm³/mol. The van der Waals surface area contributed by atoms with Crippen molar-refractivity contribution in [1.29, 1.82) is 0 Å². The Balaban J connectivity index is 1.65. The number of hydrogen-bond donors (Lipinski definition) is 2. The summed E-state index contributed by atoms with van der Waals surface area (Å²) >= 11 is 0. The summed E-state index contributed by atoms with van der Waals surface area (Å²) in [5.41, 5.74) is 3.77. The molecule has 1 aliphatic carbocycles. The second-order valence-electron chi connectivity index (χ2n) is 5.57. The fraction of sp³-hybridized carbons (Fsp3) is 0.467. The molecular formula is C15H18N4. The maximum Gasteiger partial charge on any atom is 0.181 e. The highest BCUT2D eigenvalue weighted by Crippen LogP contribution is 2.33. The number of H-pyrrole nitrogens is 1. The minimum atomic E-state index is 0.595. The van der Waals surface area contributed by atoms with Crippen molar-refractivity contribution in [3.05, 3.63) is 29.6 Å². The van der Waals surface area contributed by atoms with Crippen LogP contribution in [-0.4, -0.2) is 21.7 Å². The van der Waals surface area contributed by atoms with Gasteiger partial charge in [-0.25, -0.2) is 4.98 Å². The van der Waals surface area contributed by atoms with Crippen LogP contribution in [-0.2, 0) is 6.42 Å². The molecular weight excluding hydrogens is 236 g/mol. The van der Waals surface area contributed by atoms with E-state index in [9.17, 15) is 0 Å². The molecule has 1 aliphatic heterocycles. The molecule has 4 heteroatoms. The Labute approximate surface area is 112 Å². The Kier molecular flexibility index (Phi) is 2.53. The molecule has 1 aromatic heterocycles. The van der Waals surface area contributed by atoms with E-state index in [0.717, 1.165) is 30.2 Å². The molecule has 1 fully saturated rings. The summed E-state index contributed by atoms with van der Waals surface area (Å²) in [4.78, 5) is 4.70. The van der Waals surface area contributed by atoms with E-state index in [-0.39, 0.29) is 0 Å². The van der Waals surface area contributed by atoms with Crippen molar-refractivity contribution in [2.24, 2.45) is 0 Å². The van der Waals surface area contributed by atoms with Crippen LogP contribution < -0.4 is 5.32 Å². The Morgan fingerprint density at radius 3 is 2.95 bits per heavy atom. The quantitative estimate of drug-likeness (QED) is 0.865. The molecule has 2 N–H and O–H groups in total. The molecule has 2 aliphatic rings. The molecule has 0 atom stereocenters. The minimum Gasteiger partial charge on any atom is -0.384 e. The van der Waals surface area contributed by atoms with E-state index in [4.69, 9.17) is 4.98 Å². The molecule has 19 heavy (non-hydrogen) atoms. The molecule has 0 unspecified atom stereocenters. The van der Waals surface area contributed by atoms with E-state index < -0.39 is 0 Å². The molecule has 4 nitrogen and oxygen atoms in total. The fourth-order valence-corrected chi connectivity index (χ4v) is 3.23. The fourth-order valence-electron chi connectivity index (χ4n) is 3.23. The van der Waals surface area contributed by atoms with Crippen molar-refractivity contribution in [2.45, 2.75) is 38.0 Å². The van der Waals surface area contributed by atoms with Crippen LogP contribution in [0.15, 0.2) is 18.2 Å². The Hall–Kier alpha value is -1.84. The largest absolute Gasteiger partial charge is 0.384 e. The molecule has 2 aromatic rings. The molecule has 1 saturated carbocycles. The predicted octanol–water partition coefficient (Wildman–Crippen LogP) is 3.10. The van der Waals surface area contributed by atoms with Crippen LogP contribution in [0.25, 0.3) is 11.4 Å². The third-order valence-corrected chi connectivity index (χ3v) is 4.32. The van der Waals surface area contributed by atoms with Crippen LogP contribution in [0.4, 0.5) is 5.69 Å². The van der Waals surface area contributed by atoms with Crippen LogP contribution in [0.5, 0.6) is 0 Å². The van der Waals surface area contributed by atoms with Gasteiger partial charge in [0, 0.05) is 23.7 Å². The molecule has 1 aromatic carbocycles. The second-order valence-corrected chi connectivity index (χ2v) is 5.57. The second kappa shape index (κ2) is 4.37. The smallest absolute Gasteiger partial charge is 0.181 e. The van der Waals surface area contributed by atoms with Crippen LogP contribution in [0, 0.1) is 0 Å². The lowest BCUT2D eigenvalue weighted by Crippen LogP contribution is -1.94. The van der Waals surface area contributed by atoms with E-state index in [1.165, 1.54) is 36.9 Å². The van der Waals surface area contributed by atoms with Crippen molar-refractivity contribution in [3.8, 4) is 11.4 Å². The van der Waals surface area contributed by atoms with Gasteiger partial charge in [-0.05, 0) is 43.0 Å². The Bertz CT molecular complexity index is 596.